The van der Waals surface area contributed by atoms with E-state index in [2.05, 4.69) is 16.4 Å². The van der Waals surface area contributed by atoms with Crippen LogP contribution >= 0.6 is 11.6 Å². The summed E-state index contributed by atoms with van der Waals surface area (Å²) >= 11 is 6.39. The summed E-state index contributed by atoms with van der Waals surface area (Å²) in [7, 11) is 0. The third-order valence-electron chi connectivity index (χ3n) is 5.85. The van der Waals surface area contributed by atoms with Gasteiger partial charge in [-0.3, -0.25) is 0 Å². The van der Waals surface area contributed by atoms with Gasteiger partial charge in [0.25, 0.3) is 5.69 Å². The molecule has 168 valence electrons. The smallest absolute Gasteiger partial charge is 0.287 e. The maximum absolute atomic E-state index is 14.4. The van der Waals surface area contributed by atoms with Crippen LogP contribution in [0.3, 0.4) is 0 Å². The van der Waals surface area contributed by atoms with E-state index in [1.165, 1.54) is 23.2 Å². The molecule has 0 radical (unpaired) electrons. The highest BCUT2D eigenvalue weighted by Crippen LogP contribution is 2.31. The first-order valence-electron chi connectivity index (χ1n) is 10.8. The van der Waals surface area contributed by atoms with Crippen LogP contribution in [0.1, 0.15) is 31.4 Å². The number of carboxylic acid groups (broad SMARTS) is 1. The van der Waals surface area contributed by atoms with Gasteiger partial charge in [-0.05, 0) is 49.8 Å². The average Bonchev–Trinajstić information content (AvgIpc) is 2.79. The summed E-state index contributed by atoms with van der Waals surface area (Å²) in [6.45, 7) is 3.00. The molecule has 0 atom stereocenters. The van der Waals surface area contributed by atoms with E-state index in [0.29, 0.717) is 46.4 Å². The Kier molecular flexibility index (Phi) is 7.20. The van der Waals surface area contributed by atoms with Crippen LogP contribution in [0.15, 0.2) is 36.0 Å². The fourth-order valence-corrected chi connectivity index (χ4v) is 4.31. The molecule has 0 aliphatic carbocycles. The van der Waals surface area contributed by atoms with E-state index in [-0.39, 0.29) is 12.4 Å². The molecule has 3 heterocycles. The van der Waals surface area contributed by atoms with E-state index in [4.69, 9.17) is 16.3 Å². The molecular weight excluding hydrogens is 433 g/mol. The molecule has 32 heavy (non-hydrogen) atoms. The fourth-order valence-electron chi connectivity index (χ4n) is 4.10. The monoisotopic (exact) mass is 457 g/mol. The minimum Gasteiger partial charge on any atom is -0.530 e. The van der Waals surface area contributed by atoms with Crippen LogP contribution in [0.5, 0.6) is 0 Å². The normalized spacial score (nSPS) is 18.4. The lowest BCUT2D eigenvalue weighted by atomic mass is 9.99. The van der Waals surface area contributed by atoms with Gasteiger partial charge in [0.15, 0.2) is 0 Å². The molecule has 2 fully saturated rings. The Morgan fingerprint density at radius 2 is 2.12 bits per heavy atom. The molecule has 2 aromatic rings. The molecule has 1 aromatic heterocycles. The summed E-state index contributed by atoms with van der Waals surface area (Å²) in [5, 5.41) is 14.9. The van der Waals surface area contributed by atoms with Crippen molar-refractivity contribution in [3.63, 3.8) is 0 Å². The molecule has 4 rings (SSSR count). The number of anilines is 1. The zero-order chi connectivity index (χ0) is 22.5. The zero-order valence-corrected chi connectivity index (χ0v) is 18.5. The molecule has 0 saturated carbocycles. The summed E-state index contributed by atoms with van der Waals surface area (Å²) in [6.07, 6.45) is 6.96. The molecule has 8 heteroatoms. The Morgan fingerprint density at radius 1 is 1.31 bits per heavy atom. The molecule has 1 aromatic carbocycles. The van der Waals surface area contributed by atoms with E-state index in [1.54, 1.807) is 6.07 Å². The van der Waals surface area contributed by atoms with Crippen LogP contribution in [0, 0.1) is 17.8 Å². The number of halogens is 2. The Balaban J connectivity index is 1.54. The first-order chi connectivity index (χ1) is 15.5. The van der Waals surface area contributed by atoms with Gasteiger partial charge in [0.1, 0.15) is 24.1 Å². The molecule has 0 bridgehead atoms. The van der Waals surface area contributed by atoms with Crippen molar-refractivity contribution in [1.82, 2.24) is 9.88 Å². The van der Waals surface area contributed by atoms with Crippen LogP contribution < -0.4 is 10.4 Å². The van der Waals surface area contributed by atoms with Gasteiger partial charge in [-0.1, -0.05) is 11.6 Å². The Hall–Kier alpha value is -2.73. The molecule has 2 aliphatic rings. The maximum Gasteiger partial charge on any atom is 0.287 e. The van der Waals surface area contributed by atoms with Crippen LogP contribution in [0.2, 0.25) is 5.02 Å². The van der Waals surface area contributed by atoms with Crippen LogP contribution in [-0.4, -0.2) is 48.8 Å². The Bertz CT molecular complexity index is 1010. The molecule has 1 N–H and O–H groups in total. The Labute approximate surface area is 192 Å². The second-order valence-electron chi connectivity index (χ2n) is 8.23. The van der Waals surface area contributed by atoms with Gasteiger partial charge in [0.2, 0.25) is 0 Å². The Morgan fingerprint density at radius 3 is 2.91 bits per heavy atom. The lowest BCUT2D eigenvalue weighted by Crippen LogP contribution is -2.44. The van der Waals surface area contributed by atoms with Crippen molar-refractivity contribution < 1.29 is 19.0 Å². The van der Waals surface area contributed by atoms with E-state index in [1.807, 2.05) is 6.07 Å². The number of hydrogen-bond acceptors (Lipinski definition) is 5. The summed E-state index contributed by atoms with van der Waals surface area (Å²) in [4.78, 5) is 16.7. The molecule has 2 saturated heterocycles. The zero-order valence-electron chi connectivity index (χ0n) is 17.7. The van der Waals surface area contributed by atoms with Crippen molar-refractivity contribution in [2.45, 2.75) is 25.7 Å². The summed E-state index contributed by atoms with van der Waals surface area (Å²) in [6, 6.07) is 6.54. The number of hydrogen-bond donors (Lipinski definition) is 1. The lowest BCUT2D eigenvalue weighted by Gasteiger charge is -2.28. The average molecular weight is 458 g/mol. The van der Waals surface area contributed by atoms with Crippen molar-refractivity contribution in [3.05, 3.63) is 58.6 Å². The fraction of sp³-hybridized carbons (Fsp3) is 0.417. The van der Waals surface area contributed by atoms with E-state index >= 15 is 0 Å². The standard InChI is InChI=1S/C24H25ClFN3O3/c25-23-14-28-20(8-17-2-1-5-29(15-17)24(30)31)12-22(23)18-9-19(26)11-21(10-18)27-13-16-3-6-32-7-4-16/h9-12,14,16,27H,1-7,13,15H2. The van der Waals surface area contributed by atoms with Gasteiger partial charge >= 0.3 is 0 Å². The number of benzene rings is 1. The van der Waals surface area contributed by atoms with Crippen LogP contribution in [-0.2, 0) is 4.74 Å². The number of piperidine rings is 1. The summed E-state index contributed by atoms with van der Waals surface area (Å²) in [5.74, 6) is 0.148. The highest BCUT2D eigenvalue weighted by Gasteiger charge is 2.21. The number of amides is 1. The first kappa shape index (κ1) is 22.5. The maximum atomic E-state index is 14.4. The molecule has 2 aliphatic heterocycles. The van der Waals surface area contributed by atoms with E-state index in [0.717, 1.165) is 44.6 Å². The van der Waals surface area contributed by atoms with Gasteiger partial charge in [-0.25, -0.2) is 9.37 Å². The second-order valence-corrected chi connectivity index (χ2v) is 8.64. The van der Waals surface area contributed by atoms with E-state index in [9.17, 15) is 14.3 Å². The van der Waals surface area contributed by atoms with Gasteiger partial charge < -0.3 is 24.9 Å². The number of nitrogens with zero attached hydrogens (tertiary/aromatic N) is 2. The van der Waals surface area contributed by atoms with Gasteiger partial charge in [-0.2, -0.15) is 0 Å². The highest BCUT2D eigenvalue weighted by atomic mass is 35.5. The molecule has 6 nitrogen and oxygen atoms in total. The van der Waals surface area contributed by atoms with Crippen molar-refractivity contribution in [2.75, 3.05) is 38.2 Å². The van der Waals surface area contributed by atoms with Crippen LogP contribution in [0.4, 0.5) is 14.9 Å². The van der Waals surface area contributed by atoms with Crippen molar-refractivity contribution in [3.8, 4) is 11.1 Å². The molecule has 1 amide bonds. The van der Waals surface area contributed by atoms with Gasteiger partial charge in [-0.15, -0.1) is 0 Å². The summed E-state index contributed by atoms with van der Waals surface area (Å²) in [5.41, 5.74) is 3.34. The number of aromatic nitrogens is 1. The molecule has 0 spiro atoms. The third-order valence-corrected chi connectivity index (χ3v) is 6.15. The highest BCUT2D eigenvalue weighted by molar-refractivity contribution is 6.33. The van der Waals surface area contributed by atoms with Crippen molar-refractivity contribution >= 4 is 23.4 Å². The minimum atomic E-state index is -1.19. The number of carbonyl (C=O) groups is 1. The number of carbonyl (C=O) groups excluding carboxylic acids is 1. The third kappa shape index (κ3) is 5.74. The van der Waals surface area contributed by atoms with Crippen molar-refractivity contribution in [2.24, 2.45) is 5.92 Å². The quantitative estimate of drug-likeness (QED) is 0.689. The molecule has 0 unspecified atom stereocenters. The topological polar surface area (TPSA) is 77.5 Å². The number of rotatable bonds is 5. The van der Waals surface area contributed by atoms with Crippen molar-refractivity contribution in [1.29, 1.82) is 0 Å². The first-order valence-corrected chi connectivity index (χ1v) is 11.2. The number of nitrogens with one attached hydrogen (secondary N) is 1. The lowest BCUT2D eigenvalue weighted by molar-refractivity contribution is -0.265. The number of ether oxygens (including phenoxy) is 1. The number of likely N-dealkylation sites (tertiary alicyclic amines) is 1. The van der Waals surface area contributed by atoms with Crippen LogP contribution in [0.25, 0.3) is 11.1 Å². The minimum absolute atomic E-state index is 0.252. The SMILES string of the molecule is O=C([O-])N1CCCC(=[C+]c2cc(-c3cc(F)cc(NCC4CCOCC4)c3)c(Cl)cn2)C1. The molecular formula is C24H25ClFN3O3. The largest absolute Gasteiger partial charge is 0.530 e. The van der Waals surface area contributed by atoms with Gasteiger partial charge in [0, 0.05) is 37.6 Å². The second kappa shape index (κ2) is 10.3. The number of pyridine rings is 1. The predicted octanol–water partition coefficient (Wildman–Crippen LogP) is 3.90. The predicted molar refractivity (Wildman–Crippen MR) is 119 cm³/mol. The summed E-state index contributed by atoms with van der Waals surface area (Å²) < 4.78 is 19.8. The van der Waals surface area contributed by atoms with E-state index < -0.39 is 6.09 Å². The van der Waals surface area contributed by atoms with Gasteiger partial charge in [0.05, 0.1) is 28.9 Å².